The van der Waals surface area contributed by atoms with Crippen LogP contribution in [0.15, 0.2) is 60.7 Å². The molecule has 1 aliphatic heterocycles. The molecule has 4 atom stereocenters. The van der Waals surface area contributed by atoms with E-state index in [1.54, 1.807) is 48.5 Å². The Hall–Kier alpha value is -2.92. The van der Waals surface area contributed by atoms with Crippen molar-refractivity contribution in [3.05, 3.63) is 71.3 Å². The number of fused-ring (bicyclic) bond motifs is 5. The van der Waals surface area contributed by atoms with E-state index in [1.807, 2.05) is 0 Å². The summed E-state index contributed by atoms with van der Waals surface area (Å²) in [5, 5.41) is 0.549. The predicted octanol–water partition coefficient (Wildman–Crippen LogP) is 3.91. The van der Waals surface area contributed by atoms with Crippen molar-refractivity contribution in [2.45, 2.75) is 6.42 Å². The largest absolute Gasteiger partial charge is 0.483 e. The highest BCUT2D eigenvalue weighted by atomic mass is 35.5. The number of hydrogen-bond donors (Lipinski definition) is 0. The minimum Gasteiger partial charge on any atom is -0.483 e. The van der Waals surface area contributed by atoms with Crippen LogP contribution < -0.4 is 9.64 Å². The number of halogens is 1. The first-order chi connectivity index (χ1) is 14.0. The topological polar surface area (TPSA) is 63.7 Å². The first-order valence-corrected chi connectivity index (χ1v) is 9.99. The van der Waals surface area contributed by atoms with Gasteiger partial charge < -0.3 is 4.74 Å². The van der Waals surface area contributed by atoms with Crippen molar-refractivity contribution in [1.29, 1.82) is 0 Å². The Morgan fingerprint density at radius 2 is 1.59 bits per heavy atom. The highest BCUT2D eigenvalue weighted by Gasteiger charge is 2.59. The summed E-state index contributed by atoms with van der Waals surface area (Å²) in [5.41, 5.74) is 0.887. The molecule has 5 rings (SSSR count). The fourth-order valence-corrected chi connectivity index (χ4v) is 4.89. The second-order valence-electron chi connectivity index (χ2n) is 7.70. The third-order valence-corrected chi connectivity index (χ3v) is 6.35. The molecular weight excluding hydrogens is 390 g/mol. The van der Waals surface area contributed by atoms with Gasteiger partial charge in [0.2, 0.25) is 11.8 Å². The van der Waals surface area contributed by atoms with Crippen LogP contribution in [0.2, 0.25) is 5.02 Å². The van der Waals surface area contributed by atoms with E-state index < -0.39 is 0 Å². The highest BCUT2D eigenvalue weighted by molar-refractivity contribution is 6.30. The molecule has 1 heterocycles. The normalized spacial score (nSPS) is 26.9. The van der Waals surface area contributed by atoms with Gasteiger partial charge in [-0.25, -0.2) is 4.90 Å². The van der Waals surface area contributed by atoms with Crippen molar-refractivity contribution in [3.8, 4) is 5.75 Å². The number of ether oxygens (including phenoxy) is 1. The summed E-state index contributed by atoms with van der Waals surface area (Å²) in [6, 6.07) is 13.4. The fourth-order valence-electron chi connectivity index (χ4n) is 4.77. The number of anilines is 1. The van der Waals surface area contributed by atoms with Crippen LogP contribution in [-0.2, 0) is 9.59 Å². The second kappa shape index (κ2) is 6.85. The minimum absolute atomic E-state index is 0.144. The van der Waals surface area contributed by atoms with Crippen LogP contribution in [0.3, 0.4) is 0 Å². The fraction of sp³-hybridized carbons (Fsp3) is 0.261. The zero-order chi connectivity index (χ0) is 20.1. The molecule has 1 saturated heterocycles. The third kappa shape index (κ3) is 2.88. The van der Waals surface area contributed by atoms with E-state index in [-0.39, 0.29) is 47.9 Å². The maximum atomic E-state index is 13.1. The van der Waals surface area contributed by atoms with Crippen LogP contribution in [0.4, 0.5) is 5.69 Å². The average molecular weight is 408 g/mol. The number of carbonyl (C=O) groups is 3. The zero-order valence-corrected chi connectivity index (χ0v) is 16.2. The number of benzene rings is 2. The Morgan fingerprint density at radius 1 is 0.966 bits per heavy atom. The minimum atomic E-state index is -0.277. The first kappa shape index (κ1) is 18.1. The molecule has 2 bridgehead atoms. The van der Waals surface area contributed by atoms with Crippen LogP contribution in [0, 0.1) is 23.7 Å². The monoisotopic (exact) mass is 407 g/mol. The summed E-state index contributed by atoms with van der Waals surface area (Å²) < 4.78 is 5.74. The number of carbonyl (C=O) groups excluding carboxylic acids is 3. The first-order valence-electron chi connectivity index (χ1n) is 9.61. The molecule has 0 radical (unpaired) electrons. The van der Waals surface area contributed by atoms with Gasteiger partial charge in [-0.15, -0.1) is 0 Å². The molecule has 5 nitrogen and oxygen atoms in total. The molecule has 2 aromatic rings. The molecule has 29 heavy (non-hydrogen) atoms. The molecular formula is C23H18ClNO4. The number of Topliss-reactive ketones (excluding diaryl/α,β-unsaturated/α-hetero) is 1. The zero-order valence-electron chi connectivity index (χ0n) is 15.5. The van der Waals surface area contributed by atoms with Gasteiger partial charge in [0.1, 0.15) is 5.75 Å². The Morgan fingerprint density at radius 3 is 2.24 bits per heavy atom. The maximum Gasteiger partial charge on any atom is 0.238 e. The van der Waals surface area contributed by atoms with Crippen molar-refractivity contribution >= 4 is 34.9 Å². The third-order valence-electron chi connectivity index (χ3n) is 6.10. The number of hydrogen-bond acceptors (Lipinski definition) is 4. The van der Waals surface area contributed by atoms with Gasteiger partial charge in [-0.05, 0) is 54.7 Å². The van der Waals surface area contributed by atoms with E-state index in [1.165, 1.54) is 4.90 Å². The molecule has 1 saturated carbocycles. The Labute approximate surface area is 172 Å². The average Bonchev–Trinajstić information content (AvgIpc) is 3.41. The maximum absolute atomic E-state index is 13.1. The van der Waals surface area contributed by atoms with Gasteiger partial charge in [0.25, 0.3) is 0 Å². The van der Waals surface area contributed by atoms with Gasteiger partial charge in [-0.2, -0.15) is 0 Å². The van der Waals surface area contributed by atoms with E-state index >= 15 is 0 Å². The second-order valence-corrected chi connectivity index (χ2v) is 8.13. The van der Waals surface area contributed by atoms with Crippen molar-refractivity contribution in [2.24, 2.45) is 23.7 Å². The van der Waals surface area contributed by atoms with E-state index in [4.69, 9.17) is 16.3 Å². The lowest BCUT2D eigenvalue weighted by molar-refractivity contribution is -0.123. The van der Waals surface area contributed by atoms with E-state index in [9.17, 15) is 14.4 Å². The molecule has 0 aromatic heterocycles. The molecule has 2 fully saturated rings. The molecule has 0 spiro atoms. The van der Waals surface area contributed by atoms with Gasteiger partial charge in [0, 0.05) is 10.6 Å². The molecule has 2 aliphatic carbocycles. The summed E-state index contributed by atoms with van der Waals surface area (Å²) in [7, 11) is 0. The summed E-state index contributed by atoms with van der Waals surface area (Å²) >= 11 is 5.86. The van der Waals surface area contributed by atoms with E-state index in [0.29, 0.717) is 22.0 Å². The lowest BCUT2D eigenvalue weighted by Gasteiger charge is -2.20. The SMILES string of the molecule is O=C(COc1ccccc1N1C(=O)C2C3C=CC(C3)C2C1=O)c1ccc(Cl)cc1. The van der Waals surface area contributed by atoms with Crippen molar-refractivity contribution in [3.63, 3.8) is 0 Å². The van der Waals surface area contributed by atoms with Gasteiger partial charge >= 0.3 is 0 Å². The smallest absolute Gasteiger partial charge is 0.238 e. The van der Waals surface area contributed by atoms with Gasteiger partial charge in [-0.3, -0.25) is 14.4 Å². The molecule has 4 unspecified atom stereocenters. The molecule has 2 amide bonds. The molecule has 6 heteroatoms. The van der Waals surface area contributed by atoms with Crippen molar-refractivity contribution in [2.75, 3.05) is 11.5 Å². The summed E-state index contributed by atoms with van der Waals surface area (Å²) in [5.74, 6) is -0.472. The van der Waals surface area contributed by atoms with E-state index in [2.05, 4.69) is 12.2 Å². The lowest BCUT2D eigenvalue weighted by atomic mass is 9.85. The summed E-state index contributed by atoms with van der Waals surface area (Å²) in [4.78, 5) is 39.8. The number of nitrogens with zero attached hydrogens (tertiary/aromatic N) is 1. The highest BCUT2D eigenvalue weighted by Crippen LogP contribution is 2.53. The van der Waals surface area contributed by atoms with Crippen LogP contribution in [0.1, 0.15) is 16.8 Å². The summed E-state index contributed by atoms with van der Waals surface area (Å²) in [6.45, 7) is -0.200. The van der Waals surface area contributed by atoms with Crippen LogP contribution in [-0.4, -0.2) is 24.2 Å². The van der Waals surface area contributed by atoms with Gasteiger partial charge in [-0.1, -0.05) is 35.9 Å². The van der Waals surface area contributed by atoms with Gasteiger partial charge in [0.05, 0.1) is 17.5 Å². The standard InChI is InChI=1S/C23H18ClNO4/c24-16-9-7-13(8-10-16)18(26)12-29-19-4-2-1-3-17(19)25-22(27)20-14-5-6-15(11-14)21(20)23(25)28/h1-10,14-15,20-21H,11-12H2. The quantitative estimate of drug-likeness (QED) is 0.428. The number of allylic oxidation sites excluding steroid dienone is 2. The Bertz CT molecular complexity index is 1020. The Balaban J connectivity index is 1.38. The molecule has 146 valence electrons. The van der Waals surface area contributed by atoms with E-state index in [0.717, 1.165) is 6.42 Å². The number of amides is 2. The number of ketones is 1. The number of imide groups is 1. The molecule has 3 aliphatic rings. The van der Waals surface area contributed by atoms with Gasteiger partial charge in [0.15, 0.2) is 12.4 Å². The number of para-hydroxylation sites is 2. The molecule has 0 N–H and O–H groups in total. The summed E-state index contributed by atoms with van der Waals surface area (Å²) in [6.07, 6.45) is 5.01. The number of rotatable bonds is 5. The van der Waals surface area contributed by atoms with Crippen LogP contribution >= 0.6 is 11.6 Å². The van der Waals surface area contributed by atoms with Crippen molar-refractivity contribution < 1.29 is 19.1 Å². The lowest BCUT2D eigenvalue weighted by Crippen LogP contribution is -2.33. The Kier molecular flexibility index (Phi) is 4.28. The van der Waals surface area contributed by atoms with Crippen LogP contribution in [0.25, 0.3) is 0 Å². The predicted molar refractivity (Wildman–Crippen MR) is 108 cm³/mol. The molecule has 2 aromatic carbocycles. The van der Waals surface area contributed by atoms with Crippen LogP contribution in [0.5, 0.6) is 5.75 Å². The van der Waals surface area contributed by atoms with Crippen molar-refractivity contribution in [1.82, 2.24) is 0 Å².